The number of anilines is 1. The van der Waals surface area contributed by atoms with Crippen molar-refractivity contribution >= 4 is 31.1 Å². The summed E-state index contributed by atoms with van der Waals surface area (Å²) < 4.78 is 17.7. The van der Waals surface area contributed by atoms with Crippen LogP contribution in [0.1, 0.15) is 62.1 Å². The minimum absolute atomic E-state index is 0.0413. The average Bonchev–Trinajstić information content (AvgIpc) is 2.89. The highest BCUT2D eigenvalue weighted by atomic mass is 31.2. The second-order valence-electron chi connectivity index (χ2n) is 10.4. The Morgan fingerprint density at radius 3 is 2.47 bits per heavy atom. The molecule has 1 fully saturated rings. The van der Waals surface area contributed by atoms with E-state index in [-0.39, 0.29) is 6.10 Å². The number of nitrogens with zero attached hydrogens (tertiary/aromatic N) is 3. The van der Waals surface area contributed by atoms with Crippen LogP contribution in [-0.2, 0) is 15.5 Å². The number of hydrogen-bond acceptors (Lipinski definition) is 8. The number of benzene rings is 2. The van der Waals surface area contributed by atoms with Crippen LogP contribution in [0.25, 0.3) is 0 Å². The Morgan fingerprint density at radius 2 is 1.76 bits per heavy atom. The molecule has 38 heavy (non-hydrogen) atoms. The second-order valence-corrected chi connectivity index (χ2v) is 12.1. The number of nitrogen functional groups attached to an aromatic ring is 1. The van der Waals surface area contributed by atoms with Gasteiger partial charge in [-0.1, -0.05) is 54.6 Å². The maximum Gasteiger partial charge on any atom is 0.248 e. The monoisotopic (exact) mass is 534 g/mol. The Labute approximate surface area is 224 Å². The Hall–Kier alpha value is -3.03. The van der Waals surface area contributed by atoms with Gasteiger partial charge in [-0.05, 0) is 69.3 Å². The number of hydrogen-bond donors (Lipinski definition) is 2. The molecule has 0 saturated heterocycles. The van der Waals surface area contributed by atoms with Crippen molar-refractivity contribution in [3.05, 3.63) is 77.6 Å². The van der Waals surface area contributed by atoms with E-state index in [9.17, 15) is 4.89 Å². The summed E-state index contributed by atoms with van der Waals surface area (Å²) in [5.41, 5.74) is 10.0. The first-order valence-corrected chi connectivity index (χ1v) is 14.8. The zero-order valence-electron chi connectivity index (χ0n) is 21.9. The molecule has 3 N–H and O–H groups in total. The normalized spacial score (nSPS) is 22.0. The van der Waals surface area contributed by atoms with Gasteiger partial charge in [0.25, 0.3) is 0 Å². The summed E-state index contributed by atoms with van der Waals surface area (Å²) in [6, 6.07) is 18.6. The van der Waals surface area contributed by atoms with Crippen LogP contribution in [0.15, 0.2) is 65.9 Å². The zero-order chi connectivity index (χ0) is 26.8. The number of ether oxygens (including phenoxy) is 1. The summed E-state index contributed by atoms with van der Waals surface area (Å²) >= 11 is 0. The molecule has 1 saturated carbocycles. The largest absolute Gasteiger partial charge is 0.463 e. The smallest absolute Gasteiger partial charge is 0.248 e. The van der Waals surface area contributed by atoms with Gasteiger partial charge in [0.1, 0.15) is 11.9 Å². The van der Waals surface area contributed by atoms with Gasteiger partial charge in [0.05, 0.1) is 18.4 Å². The van der Waals surface area contributed by atoms with Gasteiger partial charge in [0, 0.05) is 5.56 Å². The van der Waals surface area contributed by atoms with Gasteiger partial charge >= 0.3 is 0 Å². The summed E-state index contributed by atoms with van der Waals surface area (Å²) in [5.74, 6) is 1.14. The fourth-order valence-corrected chi connectivity index (χ4v) is 6.25. The van der Waals surface area contributed by atoms with Crippen molar-refractivity contribution in [2.45, 2.75) is 63.6 Å². The van der Waals surface area contributed by atoms with Gasteiger partial charge < -0.3 is 24.4 Å². The van der Waals surface area contributed by atoms with E-state index in [0.29, 0.717) is 36.3 Å². The molecule has 1 unspecified atom stereocenters. The van der Waals surface area contributed by atoms with Gasteiger partial charge in [0.2, 0.25) is 13.4 Å². The van der Waals surface area contributed by atoms with Crippen molar-refractivity contribution in [3.63, 3.8) is 0 Å². The third kappa shape index (κ3) is 6.16. The Bertz CT molecular complexity index is 1340. The summed E-state index contributed by atoms with van der Waals surface area (Å²) in [5, 5.41) is 0. The van der Waals surface area contributed by atoms with E-state index >= 15 is 0 Å². The lowest BCUT2D eigenvalue weighted by Gasteiger charge is -2.33. The average molecular weight is 535 g/mol. The van der Waals surface area contributed by atoms with Crippen LogP contribution in [0.3, 0.4) is 0 Å². The van der Waals surface area contributed by atoms with Crippen LogP contribution in [0.5, 0.6) is 5.88 Å². The lowest BCUT2D eigenvalue weighted by molar-refractivity contribution is 0.106. The molecule has 3 aromatic rings. The molecule has 2 aliphatic rings. The molecule has 2 aromatic carbocycles. The van der Waals surface area contributed by atoms with E-state index < -0.39 is 13.2 Å². The van der Waals surface area contributed by atoms with Crippen molar-refractivity contribution in [1.29, 1.82) is 0 Å². The quantitative estimate of drug-likeness (QED) is 0.349. The summed E-state index contributed by atoms with van der Waals surface area (Å²) in [4.78, 5) is 23.6. The highest BCUT2D eigenvalue weighted by Crippen LogP contribution is 2.47. The number of nitrogens with two attached hydrogens (primary N) is 1. The maximum atomic E-state index is 10.6. The number of rotatable bonds is 8. The summed E-state index contributed by atoms with van der Waals surface area (Å²) in [6.07, 6.45) is 9.57. The highest BCUT2D eigenvalue weighted by Gasteiger charge is 2.35. The van der Waals surface area contributed by atoms with Crippen LogP contribution in [0.4, 0.5) is 11.5 Å². The minimum atomic E-state index is -3.09. The van der Waals surface area contributed by atoms with Crippen molar-refractivity contribution in [2.24, 2.45) is 4.99 Å². The van der Waals surface area contributed by atoms with Crippen LogP contribution in [-0.4, -0.2) is 45.2 Å². The molecule has 200 valence electrons. The van der Waals surface area contributed by atoms with Crippen LogP contribution < -0.4 is 10.5 Å². The number of aliphatic imine (C=N–C) groups is 1. The molecule has 9 heteroatoms. The summed E-state index contributed by atoms with van der Waals surface area (Å²) in [7, 11) is -3.09. The lowest BCUT2D eigenvalue weighted by Crippen LogP contribution is -2.41. The fourth-order valence-electron chi connectivity index (χ4n) is 5.13. The third-order valence-corrected chi connectivity index (χ3v) is 8.35. The second kappa shape index (κ2) is 11.0. The molecule has 1 aromatic heterocycles. The Morgan fingerprint density at radius 1 is 1.05 bits per heavy atom. The molecule has 0 amide bonds. The van der Waals surface area contributed by atoms with Crippen molar-refractivity contribution in [3.8, 4) is 5.88 Å². The molecule has 2 heterocycles. The first kappa shape index (κ1) is 26.6. The van der Waals surface area contributed by atoms with Crippen LogP contribution >= 0.6 is 7.57 Å². The fraction of sp³-hybridized carbons (Fsp3) is 0.379. The van der Waals surface area contributed by atoms with Crippen LogP contribution in [0, 0.1) is 0 Å². The Kier molecular flexibility index (Phi) is 7.68. The van der Waals surface area contributed by atoms with E-state index in [1.54, 1.807) is 0 Å². The minimum Gasteiger partial charge on any atom is -0.463 e. The molecule has 0 bridgehead atoms. The molecule has 8 nitrogen and oxygen atoms in total. The van der Waals surface area contributed by atoms with Gasteiger partial charge in [-0.15, -0.1) is 0 Å². The molecule has 1 atom stereocenters. The Balaban J connectivity index is 1.16. The molecule has 0 radical (unpaired) electrons. The summed E-state index contributed by atoms with van der Waals surface area (Å²) in [6.45, 7) is 4.33. The molecule has 1 aliphatic carbocycles. The predicted molar refractivity (Wildman–Crippen MR) is 152 cm³/mol. The van der Waals surface area contributed by atoms with E-state index in [1.807, 2.05) is 44.2 Å². The van der Waals surface area contributed by atoms with Gasteiger partial charge in [-0.2, -0.15) is 4.98 Å². The number of aromatic nitrogens is 2. The third-order valence-electron chi connectivity index (χ3n) is 7.13. The van der Waals surface area contributed by atoms with E-state index in [0.717, 1.165) is 42.5 Å². The zero-order valence-corrected chi connectivity index (χ0v) is 22.8. The van der Waals surface area contributed by atoms with E-state index in [4.69, 9.17) is 24.5 Å². The number of fused-ring (bicyclic) bond motifs is 1. The maximum absolute atomic E-state index is 10.6. The van der Waals surface area contributed by atoms with Crippen LogP contribution in [0.2, 0.25) is 0 Å². The van der Waals surface area contributed by atoms with Gasteiger partial charge in [-0.3, -0.25) is 0 Å². The van der Waals surface area contributed by atoms with E-state index in [1.165, 1.54) is 11.9 Å². The van der Waals surface area contributed by atoms with Crippen molar-refractivity contribution in [2.75, 3.05) is 12.3 Å². The first-order chi connectivity index (χ1) is 18.2. The molecule has 0 spiro atoms. The first-order valence-electron chi connectivity index (χ1n) is 13.0. The van der Waals surface area contributed by atoms with E-state index in [2.05, 4.69) is 40.5 Å². The standard InChI is InChI=1S/C29H35N4O4P/c1-29(2)26(33-25-27(30)31-19-32-28(25)36-29)23-11-9-21(10-12-23)22-13-15-24(16-14-22)37-38(3,34)35-18-17-20-7-5-4-6-8-20/h4-12,19,22,24,34H,3,13-18H2,1-2H3,(H2,30,31,32). The van der Waals surface area contributed by atoms with Crippen molar-refractivity contribution in [1.82, 2.24) is 9.97 Å². The topological polar surface area (TPSA) is 112 Å². The molecular formula is C29H35N4O4P. The lowest BCUT2D eigenvalue weighted by atomic mass is 9.82. The van der Waals surface area contributed by atoms with Crippen molar-refractivity contribution < 1.29 is 18.7 Å². The molecule has 5 rings (SSSR count). The molecule has 1 aliphatic heterocycles. The SMILES string of the molecule is C=P(O)(OCCc1ccccc1)OC1CCC(c2ccc(C3=Nc4c(N)ncnc4OC3(C)C)cc2)CC1. The predicted octanol–water partition coefficient (Wildman–Crippen LogP) is 5.84. The molecular weight excluding hydrogens is 499 g/mol. The highest BCUT2D eigenvalue weighted by molar-refractivity contribution is 7.58. The van der Waals surface area contributed by atoms with Gasteiger partial charge in [0.15, 0.2) is 11.5 Å². The van der Waals surface area contributed by atoms with Gasteiger partial charge in [-0.25, -0.2) is 9.98 Å².